The highest BCUT2D eigenvalue weighted by Crippen LogP contribution is 2.36. The Morgan fingerprint density at radius 3 is 2.58 bits per heavy atom. The number of hydrogen-bond acceptors (Lipinski definition) is 5. The van der Waals surface area contributed by atoms with Crippen LogP contribution in [0.2, 0.25) is 0 Å². The molecule has 1 unspecified atom stereocenters. The molecule has 36 heavy (non-hydrogen) atoms. The maximum Gasteiger partial charge on any atom is 0.255 e. The first kappa shape index (κ1) is 24.8. The summed E-state index contributed by atoms with van der Waals surface area (Å²) < 4.78 is 41.5. The average molecular weight is 518 g/mol. The van der Waals surface area contributed by atoms with Gasteiger partial charge in [0.05, 0.1) is 0 Å². The van der Waals surface area contributed by atoms with E-state index in [4.69, 9.17) is 0 Å². The van der Waals surface area contributed by atoms with Crippen molar-refractivity contribution >= 4 is 29.5 Å². The molecule has 0 bridgehead atoms. The number of carbonyl (C=O) groups is 3. The number of rotatable bonds is 6. The van der Waals surface area contributed by atoms with E-state index < -0.39 is 17.9 Å². The van der Waals surface area contributed by atoms with Crippen molar-refractivity contribution < 1.29 is 27.6 Å². The molecule has 3 aliphatic heterocycles. The third kappa shape index (κ3) is 5.15. The average Bonchev–Trinajstić information content (AvgIpc) is 3.17. The first-order valence-corrected chi connectivity index (χ1v) is 13.0. The number of nitrogens with one attached hydrogen (secondary N) is 1. The maximum absolute atomic E-state index is 14.8. The molecule has 0 saturated carbocycles. The largest absolute Gasteiger partial charge is 0.322 e. The van der Waals surface area contributed by atoms with Crippen LogP contribution in [0.15, 0.2) is 41.3 Å². The van der Waals surface area contributed by atoms with Gasteiger partial charge in [-0.3, -0.25) is 24.6 Å². The zero-order valence-electron chi connectivity index (χ0n) is 19.6. The lowest BCUT2D eigenvalue weighted by Gasteiger charge is -2.31. The number of halogens is 3. The molecule has 1 N–H and O–H groups in total. The highest BCUT2D eigenvalue weighted by Gasteiger charge is 2.40. The Kier molecular flexibility index (Phi) is 6.82. The second-order valence-corrected chi connectivity index (χ2v) is 10.5. The van der Waals surface area contributed by atoms with Gasteiger partial charge in [0.25, 0.3) is 11.8 Å². The van der Waals surface area contributed by atoms with Gasteiger partial charge in [-0.05, 0) is 35.7 Å². The van der Waals surface area contributed by atoms with E-state index in [9.17, 15) is 27.6 Å². The van der Waals surface area contributed by atoms with Crippen LogP contribution in [-0.4, -0.2) is 52.6 Å². The predicted molar refractivity (Wildman–Crippen MR) is 128 cm³/mol. The van der Waals surface area contributed by atoms with E-state index in [1.807, 2.05) is 17.0 Å². The molecule has 5 rings (SSSR count). The van der Waals surface area contributed by atoms with Gasteiger partial charge in [-0.1, -0.05) is 18.2 Å². The van der Waals surface area contributed by atoms with Crippen LogP contribution in [0.5, 0.6) is 0 Å². The van der Waals surface area contributed by atoms with E-state index >= 15 is 0 Å². The Hall–Kier alpha value is -2.85. The third-order valence-electron chi connectivity index (χ3n) is 7.03. The first-order chi connectivity index (χ1) is 17.2. The lowest BCUT2D eigenvalue weighted by atomic mass is 10.0. The fourth-order valence-corrected chi connectivity index (χ4v) is 5.97. The van der Waals surface area contributed by atoms with E-state index in [2.05, 4.69) is 5.32 Å². The summed E-state index contributed by atoms with van der Waals surface area (Å²) in [6, 6.07) is 9.78. The fourth-order valence-electron chi connectivity index (χ4n) is 4.94. The van der Waals surface area contributed by atoms with Gasteiger partial charge in [-0.25, -0.2) is 13.2 Å². The molecule has 0 radical (unpaired) electrons. The van der Waals surface area contributed by atoms with E-state index in [1.54, 1.807) is 18.2 Å². The molecule has 3 aliphatic rings. The van der Waals surface area contributed by atoms with Gasteiger partial charge in [0.15, 0.2) is 0 Å². The van der Waals surface area contributed by atoms with Crippen LogP contribution in [0.3, 0.4) is 0 Å². The molecule has 0 aromatic heterocycles. The molecule has 2 aromatic rings. The molecular weight excluding hydrogens is 491 g/mol. The topological polar surface area (TPSA) is 69.7 Å². The Balaban J connectivity index is 1.23. The number of likely N-dealkylation sites (tertiary alicyclic amines) is 1. The maximum atomic E-state index is 14.8. The Bertz CT molecular complexity index is 1210. The third-order valence-corrected chi connectivity index (χ3v) is 8.20. The van der Waals surface area contributed by atoms with Crippen molar-refractivity contribution in [3.8, 4) is 0 Å². The van der Waals surface area contributed by atoms with E-state index in [0.717, 1.165) is 16.0 Å². The summed E-state index contributed by atoms with van der Waals surface area (Å²) in [4.78, 5) is 41.0. The Labute approximate surface area is 211 Å². The van der Waals surface area contributed by atoms with Gasteiger partial charge in [0.2, 0.25) is 11.8 Å². The number of alkyl halides is 2. The van der Waals surface area contributed by atoms with Crippen molar-refractivity contribution in [3.63, 3.8) is 0 Å². The van der Waals surface area contributed by atoms with Crippen LogP contribution in [0, 0.1) is 5.82 Å². The molecule has 0 spiro atoms. The molecule has 2 aromatic carbocycles. The number of benzene rings is 2. The summed E-state index contributed by atoms with van der Waals surface area (Å²) in [5.41, 5.74) is 2.63. The summed E-state index contributed by atoms with van der Waals surface area (Å²) in [6.07, 6.45) is 0.102. The summed E-state index contributed by atoms with van der Waals surface area (Å²) in [6.45, 7) is 1.08. The number of carbonyl (C=O) groups excluding carboxylic acids is 3. The van der Waals surface area contributed by atoms with Crippen molar-refractivity contribution in [1.82, 2.24) is 15.1 Å². The van der Waals surface area contributed by atoms with Crippen LogP contribution in [0.1, 0.15) is 52.7 Å². The van der Waals surface area contributed by atoms with E-state index in [1.165, 1.54) is 22.7 Å². The number of imide groups is 1. The Morgan fingerprint density at radius 1 is 1.08 bits per heavy atom. The summed E-state index contributed by atoms with van der Waals surface area (Å²) in [5, 5.41) is 2.31. The van der Waals surface area contributed by atoms with Crippen molar-refractivity contribution in [2.75, 3.05) is 13.1 Å². The van der Waals surface area contributed by atoms with Crippen LogP contribution in [0.4, 0.5) is 13.2 Å². The van der Waals surface area contributed by atoms with Crippen LogP contribution in [0.25, 0.3) is 0 Å². The normalized spacial score (nSPS) is 22.0. The van der Waals surface area contributed by atoms with E-state index in [-0.39, 0.29) is 56.5 Å². The number of nitrogens with zero attached hydrogens (tertiary/aromatic N) is 2. The van der Waals surface area contributed by atoms with Crippen LogP contribution >= 0.6 is 11.8 Å². The highest BCUT2D eigenvalue weighted by atomic mass is 32.2. The van der Waals surface area contributed by atoms with Crippen molar-refractivity contribution in [2.24, 2.45) is 0 Å². The molecule has 2 fully saturated rings. The summed E-state index contributed by atoms with van der Waals surface area (Å²) in [5.74, 6) is -3.51. The first-order valence-electron chi connectivity index (χ1n) is 12.0. The molecule has 2 saturated heterocycles. The number of thioether (sulfide) groups is 1. The van der Waals surface area contributed by atoms with E-state index in [0.29, 0.717) is 29.8 Å². The van der Waals surface area contributed by atoms with Gasteiger partial charge >= 0.3 is 0 Å². The molecule has 1 atom stereocenters. The lowest BCUT2D eigenvalue weighted by Crippen LogP contribution is -2.52. The van der Waals surface area contributed by atoms with Crippen LogP contribution < -0.4 is 5.32 Å². The predicted octanol–water partition coefficient (Wildman–Crippen LogP) is 4.11. The SMILES string of the molecule is O=C1CCC(N2Cc3c(SCc4ccc(CN5CCC(F)(F)CC5)c(F)c4)cccc3C2=O)C(=O)N1. The van der Waals surface area contributed by atoms with Crippen molar-refractivity contribution in [3.05, 3.63) is 64.5 Å². The molecule has 190 valence electrons. The second kappa shape index (κ2) is 9.89. The molecule has 6 nitrogen and oxygen atoms in total. The fraction of sp³-hybridized carbons (Fsp3) is 0.423. The second-order valence-electron chi connectivity index (χ2n) is 9.53. The van der Waals surface area contributed by atoms with Crippen molar-refractivity contribution in [1.29, 1.82) is 0 Å². The minimum Gasteiger partial charge on any atom is -0.322 e. The number of fused-ring (bicyclic) bond motifs is 1. The number of hydrogen-bond donors (Lipinski definition) is 1. The minimum absolute atomic E-state index is 0.198. The van der Waals surface area contributed by atoms with Gasteiger partial charge in [-0.15, -0.1) is 11.8 Å². The molecule has 10 heteroatoms. The smallest absolute Gasteiger partial charge is 0.255 e. The zero-order valence-corrected chi connectivity index (χ0v) is 20.4. The molecule has 0 aliphatic carbocycles. The van der Waals surface area contributed by atoms with Gasteiger partial charge in [0, 0.05) is 67.2 Å². The lowest BCUT2D eigenvalue weighted by molar-refractivity contribution is -0.136. The number of amides is 3. The summed E-state index contributed by atoms with van der Waals surface area (Å²) >= 11 is 1.49. The standard InChI is InChI=1S/C26H26F3N3O3S/c27-20-12-16(4-5-17(20)13-31-10-8-26(28,29)9-11-31)15-36-22-3-1-2-18-19(22)14-32(25(18)35)21-6-7-23(33)30-24(21)34/h1-5,12,21H,6-11,13-15H2,(H,30,33,34). The van der Waals surface area contributed by atoms with Gasteiger partial charge in [0.1, 0.15) is 11.9 Å². The monoisotopic (exact) mass is 517 g/mol. The molecular formula is C26H26F3N3O3S. The zero-order chi connectivity index (χ0) is 25.4. The summed E-state index contributed by atoms with van der Waals surface area (Å²) in [7, 11) is 0. The molecule has 3 amide bonds. The number of piperidine rings is 2. The van der Waals surface area contributed by atoms with Crippen molar-refractivity contribution in [2.45, 2.75) is 61.4 Å². The minimum atomic E-state index is -2.63. The van der Waals surface area contributed by atoms with Crippen LogP contribution in [-0.2, 0) is 28.4 Å². The quantitative estimate of drug-likeness (QED) is 0.462. The van der Waals surface area contributed by atoms with Gasteiger partial charge in [-0.2, -0.15) is 0 Å². The molecule has 3 heterocycles. The highest BCUT2D eigenvalue weighted by molar-refractivity contribution is 7.98. The Morgan fingerprint density at radius 2 is 1.86 bits per heavy atom. The van der Waals surface area contributed by atoms with Gasteiger partial charge < -0.3 is 4.90 Å².